The molecular weight excluding hydrogens is 402 g/mol. The van der Waals surface area contributed by atoms with E-state index in [1.165, 1.54) is 0 Å². The summed E-state index contributed by atoms with van der Waals surface area (Å²) in [4.78, 5) is 4.95. The van der Waals surface area contributed by atoms with E-state index >= 15 is 0 Å². The van der Waals surface area contributed by atoms with Crippen LogP contribution in [0.1, 0.15) is 30.9 Å². The van der Waals surface area contributed by atoms with Gasteiger partial charge >= 0.3 is 0 Å². The van der Waals surface area contributed by atoms with E-state index in [-0.39, 0.29) is 0 Å². The van der Waals surface area contributed by atoms with E-state index in [1.54, 1.807) is 0 Å². The number of ether oxygens (including phenoxy) is 1. The number of unbranched alkanes of at least 4 members (excludes halogenated alkanes) is 1. The molecule has 0 bridgehead atoms. The third kappa shape index (κ3) is 5.32. The Hall–Kier alpha value is -4.27. The van der Waals surface area contributed by atoms with Crippen LogP contribution >= 0.6 is 0 Å². The Morgan fingerprint density at radius 2 is 1.15 bits per heavy atom. The maximum Gasteiger partial charge on any atom is 0.119 e. The van der Waals surface area contributed by atoms with Crippen molar-refractivity contribution in [2.24, 2.45) is 0 Å². The van der Waals surface area contributed by atoms with Crippen molar-refractivity contribution >= 4 is 0 Å². The lowest BCUT2D eigenvalue weighted by molar-refractivity contribution is 0.309. The Labute approximate surface area is 196 Å². The van der Waals surface area contributed by atoms with Crippen molar-refractivity contribution in [1.82, 2.24) is 4.98 Å². The molecule has 0 saturated heterocycles. The van der Waals surface area contributed by atoms with Gasteiger partial charge in [0.1, 0.15) is 5.75 Å². The summed E-state index contributed by atoms with van der Waals surface area (Å²) in [6.07, 6.45) is 13.2. The fraction of sp³-hybridized carbons (Fsp3) is 0.129. The smallest absolute Gasteiger partial charge is 0.119 e. The minimum atomic E-state index is 0.737. The number of hydrogen-bond acceptors (Lipinski definition) is 2. The zero-order chi connectivity index (χ0) is 23.0. The summed E-state index contributed by atoms with van der Waals surface area (Å²) in [5.74, 6) is 6.22. The summed E-state index contributed by atoms with van der Waals surface area (Å²) in [6, 6.07) is 28.2. The third-order valence-electron chi connectivity index (χ3n) is 5.47. The summed E-state index contributed by atoms with van der Waals surface area (Å²) in [6.45, 7) is 2.89. The minimum Gasteiger partial charge on any atom is -0.494 e. The molecule has 4 rings (SSSR count). The van der Waals surface area contributed by atoms with Crippen molar-refractivity contribution in [3.8, 4) is 64.1 Å². The highest BCUT2D eigenvalue weighted by Gasteiger charge is 2.10. The number of nitrogens with zero attached hydrogens (tertiary/aromatic N) is 1. The molecule has 0 aliphatic heterocycles. The molecule has 0 aliphatic rings. The Morgan fingerprint density at radius 1 is 0.667 bits per heavy atom. The SMILES string of the molecule is C#Cc1ccc(-c2cc(-c3ccc(OCCCC)cc3)cc(-c3ccc(C#C)cc3)n2)cc1. The largest absolute Gasteiger partial charge is 0.494 e. The van der Waals surface area contributed by atoms with Gasteiger partial charge in [0.25, 0.3) is 0 Å². The van der Waals surface area contributed by atoms with Crippen molar-refractivity contribution in [3.63, 3.8) is 0 Å². The predicted molar refractivity (Wildman–Crippen MR) is 137 cm³/mol. The highest BCUT2D eigenvalue weighted by Crippen LogP contribution is 2.31. The molecular formula is C31H25NO. The van der Waals surface area contributed by atoms with Crippen LogP contribution in [-0.2, 0) is 0 Å². The summed E-state index contributed by atoms with van der Waals surface area (Å²) >= 11 is 0. The van der Waals surface area contributed by atoms with Crippen LogP contribution in [-0.4, -0.2) is 11.6 Å². The number of rotatable bonds is 7. The number of hydrogen-bond donors (Lipinski definition) is 0. The molecule has 0 N–H and O–H groups in total. The van der Waals surface area contributed by atoms with E-state index in [4.69, 9.17) is 22.6 Å². The molecule has 2 heteroatoms. The summed E-state index contributed by atoms with van der Waals surface area (Å²) in [5.41, 5.74) is 7.66. The van der Waals surface area contributed by atoms with Crippen molar-refractivity contribution in [2.75, 3.05) is 6.61 Å². The maximum absolute atomic E-state index is 5.82. The van der Waals surface area contributed by atoms with Gasteiger partial charge in [0, 0.05) is 22.3 Å². The van der Waals surface area contributed by atoms with Crippen LogP contribution in [0, 0.1) is 24.7 Å². The Kier molecular flexibility index (Phi) is 6.89. The molecule has 0 spiro atoms. The van der Waals surface area contributed by atoms with Crippen LogP contribution in [0.2, 0.25) is 0 Å². The monoisotopic (exact) mass is 427 g/mol. The van der Waals surface area contributed by atoms with Crippen molar-refractivity contribution < 1.29 is 4.74 Å². The fourth-order valence-corrected chi connectivity index (χ4v) is 3.55. The van der Waals surface area contributed by atoms with Crippen LogP contribution in [0.5, 0.6) is 5.75 Å². The molecule has 0 radical (unpaired) electrons. The summed E-state index contributed by atoms with van der Waals surface area (Å²) < 4.78 is 5.82. The van der Waals surface area contributed by atoms with E-state index in [0.29, 0.717) is 0 Å². The molecule has 0 amide bonds. The first kappa shape index (κ1) is 21.9. The van der Waals surface area contributed by atoms with Crippen LogP contribution < -0.4 is 4.74 Å². The molecule has 0 unspecified atom stereocenters. The molecule has 33 heavy (non-hydrogen) atoms. The average Bonchev–Trinajstić information content (AvgIpc) is 2.89. The van der Waals surface area contributed by atoms with E-state index in [9.17, 15) is 0 Å². The first-order chi connectivity index (χ1) is 16.2. The van der Waals surface area contributed by atoms with Crippen molar-refractivity contribution in [1.29, 1.82) is 0 Å². The van der Waals surface area contributed by atoms with E-state index in [1.807, 2.05) is 60.7 Å². The van der Waals surface area contributed by atoms with Gasteiger partial charge in [-0.05, 0) is 66.1 Å². The quantitative estimate of drug-likeness (QED) is 0.229. The first-order valence-corrected chi connectivity index (χ1v) is 11.1. The maximum atomic E-state index is 5.82. The van der Waals surface area contributed by atoms with Gasteiger partial charge in [-0.15, -0.1) is 12.8 Å². The van der Waals surface area contributed by atoms with Gasteiger partial charge in [0.2, 0.25) is 0 Å². The van der Waals surface area contributed by atoms with Crippen molar-refractivity contribution in [2.45, 2.75) is 19.8 Å². The fourth-order valence-electron chi connectivity index (χ4n) is 3.55. The molecule has 0 aliphatic carbocycles. The van der Waals surface area contributed by atoms with Gasteiger partial charge in [0.15, 0.2) is 0 Å². The summed E-state index contributed by atoms with van der Waals surface area (Å²) in [7, 11) is 0. The topological polar surface area (TPSA) is 22.1 Å². The number of benzene rings is 3. The molecule has 3 aromatic carbocycles. The molecule has 0 fully saturated rings. The van der Waals surface area contributed by atoms with Gasteiger partial charge in [0.05, 0.1) is 18.0 Å². The van der Waals surface area contributed by atoms with Gasteiger partial charge in [-0.3, -0.25) is 0 Å². The Bertz CT molecular complexity index is 1230. The molecule has 160 valence electrons. The van der Waals surface area contributed by atoms with Gasteiger partial charge in [-0.25, -0.2) is 4.98 Å². The second-order valence-electron chi connectivity index (χ2n) is 7.80. The molecule has 1 aromatic heterocycles. The molecule has 4 aromatic rings. The molecule has 1 heterocycles. The zero-order valence-corrected chi connectivity index (χ0v) is 18.7. The Morgan fingerprint density at radius 3 is 1.61 bits per heavy atom. The highest BCUT2D eigenvalue weighted by molar-refractivity contribution is 5.77. The molecule has 2 nitrogen and oxygen atoms in total. The van der Waals surface area contributed by atoms with Crippen molar-refractivity contribution in [3.05, 3.63) is 96.1 Å². The van der Waals surface area contributed by atoms with Gasteiger partial charge < -0.3 is 4.74 Å². The first-order valence-electron chi connectivity index (χ1n) is 11.1. The van der Waals surface area contributed by atoms with Crippen LogP contribution in [0.15, 0.2) is 84.9 Å². The number of terminal acetylenes is 2. The summed E-state index contributed by atoms with van der Waals surface area (Å²) in [5, 5.41) is 0. The van der Waals surface area contributed by atoms with E-state index in [2.05, 4.69) is 43.0 Å². The molecule has 0 saturated carbocycles. The third-order valence-corrected chi connectivity index (χ3v) is 5.47. The average molecular weight is 428 g/mol. The number of aromatic nitrogens is 1. The predicted octanol–water partition coefficient (Wildman–Crippen LogP) is 7.22. The highest BCUT2D eigenvalue weighted by atomic mass is 16.5. The van der Waals surface area contributed by atoms with Crippen LogP contribution in [0.25, 0.3) is 33.6 Å². The second-order valence-corrected chi connectivity index (χ2v) is 7.80. The van der Waals surface area contributed by atoms with Gasteiger partial charge in [-0.1, -0.05) is 61.6 Å². The number of pyridine rings is 1. The lowest BCUT2D eigenvalue weighted by atomic mass is 9.99. The van der Waals surface area contributed by atoms with Crippen LogP contribution in [0.3, 0.4) is 0 Å². The Balaban J connectivity index is 1.75. The normalized spacial score (nSPS) is 10.3. The van der Waals surface area contributed by atoms with Gasteiger partial charge in [-0.2, -0.15) is 0 Å². The second kappa shape index (κ2) is 10.4. The van der Waals surface area contributed by atoms with Crippen LogP contribution in [0.4, 0.5) is 0 Å². The standard InChI is InChI=1S/C31H25NO/c1-4-7-20-33-29-18-16-25(17-19-29)28-21-30(26-12-8-23(5-2)9-13-26)32-31(22-28)27-14-10-24(6-3)11-15-27/h2-3,8-19,21-22H,4,7,20H2,1H3. The molecule has 0 atom stereocenters. The van der Waals surface area contributed by atoms with E-state index in [0.717, 1.165) is 70.0 Å². The zero-order valence-electron chi connectivity index (χ0n) is 18.7. The van der Waals surface area contributed by atoms with E-state index < -0.39 is 0 Å². The lowest BCUT2D eigenvalue weighted by Crippen LogP contribution is -1.96. The lowest BCUT2D eigenvalue weighted by Gasteiger charge is -2.11. The minimum absolute atomic E-state index is 0.737.